The fraction of sp³-hybridized carbons (Fsp3) is 0.0455. The molecule has 1 aliphatic heterocycles. The Morgan fingerprint density at radius 2 is 1.69 bits per heavy atom. The second-order valence-electron chi connectivity index (χ2n) is 7.00. The van der Waals surface area contributed by atoms with Gasteiger partial charge in [0.25, 0.3) is 0 Å². The van der Waals surface area contributed by atoms with Crippen LogP contribution in [0.15, 0.2) is 73.1 Å². The first-order valence-electron chi connectivity index (χ1n) is 9.37. The molecule has 29 heavy (non-hydrogen) atoms. The minimum absolute atomic E-state index is 0.203. The Morgan fingerprint density at radius 1 is 0.931 bits per heavy atom. The van der Waals surface area contributed by atoms with Crippen LogP contribution in [0.4, 0.5) is 17.1 Å². The predicted molar refractivity (Wildman–Crippen MR) is 116 cm³/mol. The van der Waals surface area contributed by atoms with Gasteiger partial charge in [0.15, 0.2) is 7.85 Å². The zero-order valence-corrected chi connectivity index (χ0v) is 15.8. The summed E-state index contributed by atoms with van der Waals surface area (Å²) in [6, 6.07) is 19.3. The number of anilines is 3. The lowest BCUT2D eigenvalue weighted by molar-refractivity contribution is -0.124. The number of aromatic nitrogens is 2. The van der Waals surface area contributed by atoms with E-state index in [9.17, 15) is 9.59 Å². The lowest BCUT2D eigenvalue weighted by atomic mass is 10.1. The summed E-state index contributed by atoms with van der Waals surface area (Å²) in [5, 5.41) is 4.84. The van der Waals surface area contributed by atoms with Crippen molar-refractivity contribution in [3.05, 3.63) is 73.1 Å². The Hall–Kier alpha value is -3.87. The molecule has 0 spiro atoms. The third-order valence-corrected chi connectivity index (χ3v) is 5.19. The van der Waals surface area contributed by atoms with E-state index < -0.39 is 0 Å². The van der Waals surface area contributed by atoms with E-state index in [1.807, 2.05) is 79.3 Å². The van der Waals surface area contributed by atoms with E-state index in [0.717, 1.165) is 22.2 Å². The Kier molecular flexibility index (Phi) is 3.94. The van der Waals surface area contributed by atoms with Crippen molar-refractivity contribution in [1.29, 1.82) is 0 Å². The summed E-state index contributed by atoms with van der Waals surface area (Å²) in [6.45, 7) is 0. The summed E-state index contributed by atoms with van der Waals surface area (Å²) in [7, 11) is 1.94. The van der Waals surface area contributed by atoms with Crippen LogP contribution >= 0.6 is 0 Å². The third kappa shape index (κ3) is 2.87. The summed E-state index contributed by atoms with van der Waals surface area (Å²) in [4.78, 5) is 31.2. The van der Waals surface area contributed by atoms with Gasteiger partial charge in [0.2, 0.25) is 11.8 Å². The highest BCUT2D eigenvalue weighted by Crippen LogP contribution is 2.39. The van der Waals surface area contributed by atoms with Gasteiger partial charge in [-0.05, 0) is 35.7 Å². The smallest absolute Gasteiger partial charge is 0.241 e. The Labute approximate surface area is 168 Å². The van der Waals surface area contributed by atoms with Crippen molar-refractivity contribution in [2.24, 2.45) is 0 Å². The first-order valence-corrected chi connectivity index (χ1v) is 9.37. The maximum atomic E-state index is 12.9. The highest BCUT2D eigenvalue weighted by molar-refractivity contribution is 6.29. The average Bonchev–Trinajstić information content (AvgIpc) is 3.10. The predicted octanol–water partition coefficient (Wildman–Crippen LogP) is 2.29. The molecule has 2 heterocycles. The van der Waals surface area contributed by atoms with Gasteiger partial charge in [-0.25, -0.2) is 0 Å². The molecule has 5 rings (SSSR count). The standard InChI is InChI=1S/C22H17BN4O2/c23-22-24-11-12-26(22)15-6-8-16(9-7-15)27-18-10-5-14-3-1-2-4-17(14)21(18)25-19(28)13-20(27)29/h1-12H,13,23H2,(H,25,28). The highest BCUT2D eigenvalue weighted by atomic mass is 16.2. The molecular formula is C22H17BN4O2. The van der Waals surface area contributed by atoms with Crippen LogP contribution in [0.2, 0.25) is 0 Å². The van der Waals surface area contributed by atoms with Gasteiger partial charge >= 0.3 is 0 Å². The fourth-order valence-corrected chi connectivity index (χ4v) is 3.81. The van der Waals surface area contributed by atoms with Crippen molar-refractivity contribution in [3.8, 4) is 5.69 Å². The van der Waals surface area contributed by atoms with Crippen LogP contribution in [0.5, 0.6) is 0 Å². The van der Waals surface area contributed by atoms with Crippen LogP contribution in [0, 0.1) is 0 Å². The van der Waals surface area contributed by atoms with Crippen LogP contribution in [-0.4, -0.2) is 29.2 Å². The van der Waals surface area contributed by atoms with E-state index in [0.29, 0.717) is 17.1 Å². The number of rotatable bonds is 2. The molecule has 0 unspecified atom stereocenters. The van der Waals surface area contributed by atoms with Crippen molar-refractivity contribution >= 4 is 53.2 Å². The average molecular weight is 380 g/mol. The number of nitrogens with one attached hydrogen (secondary N) is 1. The maximum Gasteiger partial charge on any atom is 0.241 e. The van der Waals surface area contributed by atoms with Crippen molar-refractivity contribution < 1.29 is 9.59 Å². The molecule has 0 radical (unpaired) electrons. The van der Waals surface area contributed by atoms with E-state index in [1.54, 1.807) is 11.1 Å². The first-order chi connectivity index (χ1) is 14.1. The van der Waals surface area contributed by atoms with Crippen molar-refractivity contribution in [2.45, 2.75) is 6.42 Å². The quantitative estimate of drug-likeness (QED) is 0.429. The molecule has 2 amide bonds. The summed E-state index contributed by atoms with van der Waals surface area (Å²) in [5.74, 6) is -0.566. The topological polar surface area (TPSA) is 67.2 Å². The van der Waals surface area contributed by atoms with Crippen LogP contribution < -0.4 is 15.9 Å². The van der Waals surface area contributed by atoms with Crippen molar-refractivity contribution in [1.82, 2.24) is 9.55 Å². The number of imidazole rings is 1. The zero-order valence-electron chi connectivity index (χ0n) is 15.8. The van der Waals surface area contributed by atoms with E-state index >= 15 is 0 Å². The van der Waals surface area contributed by atoms with Gasteiger partial charge in [-0.1, -0.05) is 30.3 Å². The second-order valence-corrected chi connectivity index (χ2v) is 7.00. The SMILES string of the molecule is Bc1nccn1-c1ccc(N2C(=O)CC(=O)Nc3c2ccc2ccccc32)cc1. The molecule has 0 saturated heterocycles. The monoisotopic (exact) mass is 380 g/mol. The summed E-state index contributed by atoms with van der Waals surface area (Å²) in [5.41, 5.74) is 3.89. The minimum atomic E-state index is -0.305. The number of nitrogens with zero attached hydrogens (tertiary/aromatic N) is 3. The molecular weight excluding hydrogens is 363 g/mol. The van der Waals surface area contributed by atoms with Gasteiger partial charge in [-0.15, -0.1) is 0 Å². The molecule has 0 bridgehead atoms. The van der Waals surface area contributed by atoms with Crippen LogP contribution in [-0.2, 0) is 9.59 Å². The molecule has 0 aliphatic carbocycles. The number of fused-ring (bicyclic) bond motifs is 3. The van der Waals surface area contributed by atoms with Crippen LogP contribution in [0.3, 0.4) is 0 Å². The molecule has 7 heteroatoms. The van der Waals surface area contributed by atoms with Crippen molar-refractivity contribution in [2.75, 3.05) is 10.2 Å². The number of hydrogen-bond acceptors (Lipinski definition) is 3. The van der Waals surface area contributed by atoms with E-state index in [-0.39, 0.29) is 18.2 Å². The highest BCUT2D eigenvalue weighted by Gasteiger charge is 2.28. The molecule has 140 valence electrons. The molecule has 6 nitrogen and oxygen atoms in total. The molecule has 0 atom stereocenters. The molecule has 1 N–H and O–H groups in total. The first kappa shape index (κ1) is 17.2. The molecule has 1 aliphatic rings. The largest absolute Gasteiger partial charge is 0.323 e. The lowest BCUT2D eigenvalue weighted by Crippen LogP contribution is -2.26. The molecule has 0 saturated carbocycles. The fourth-order valence-electron chi connectivity index (χ4n) is 3.81. The number of benzene rings is 3. The number of amides is 2. The molecule has 0 fully saturated rings. The summed E-state index contributed by atoms with van der Waals surface area (Å²) < 4.78 is 1.97. The third-order valence-electron chi connectivity index (χ3n) is 5.19. The normalized spacial score (nSPS) is 13.9. The Morgan fingerprint density at radius 3 is 2.45 bits per heavy atom. The number of hydrogen-bond donors (Lipinski definition) is 1. The van der Waals surface area contributed by atoms with Crippen LogP contribution in [0.1, 0.15) is 6.42 Å². The lowest BCUT2D eigenvalue weighted by Gasteiger charge is -2.23. The maximum absolute atomic E-state index is 12.9. The zero-order chi connectivity index (χ0) is 20.0. The minimum Gasteiger partial charge on any atom is -0.323 e. The second kappa shape index (κ2) is 6.63. The van der Waals surface area contributed by atoms with Crippen molar-refractivity contribution in [3.63, 3.8) is 0 Å². The van der Waals surface area contributed by atoms with Gasteiger partial charge in [0, 0.05) is 29.2 Å². The number of carbonyl (C=O) groups is 2. The van der Waals surface area contributed by atoms with E-state index in [2.05, 4.69) is 10.3 Å². The van der Waals surface area contributed by atoms with E-state index in [4.69, 9.17) is 0 Å². The van der Waals surface area contributed by atoms with Gasteiger partial charge in [-0.3, -0.25) is 19.5 Å². The number of carbonyl (C=O) groups excluding carboxylic acids is 2. The van der Waals surface area contributed by atoms with Crippen LogP contribution in [0.25, 0.3) is 16.5 Å². The van der Waals surface area contributed by atoms with Gasteiger partial charge in [0.1, 0.15) is 6.42 Å². The Balaban J connectivity index is 1.65. The van der Waals surface area contributed by atoms with Gasteiger partial charge < -0.3 is 9.88 Å². The molecule has 3 aromatic carbocycles. The molecule has 1 aromatic heterocycles. The summed E-state index contributed by atoms with van der Waals surface area (Å²) >= 11 is 0. The Bertz CT molecular complexity index is 1260. The molecule has 4 aromatic rings. The van der Waals surface area contributed by atoms with Gasteiger partial charge in [0.05, 0.1) is 17.1 Å². The van der Waals surface area contributed by atoms with E-state index in [1.165, 1.54) is 0 Å². The summed E-state index contributed by atoms with van der Waals surface area (Å²) in [6.07, 6.45) is 3.44. The van der Waals surface area contributed by atoms with Gasteiger partial charge in [-0.2, -0.15) is 0 Å².